The van der Waals surface area contributed by atoms with Crippen molar-refractivity contribution in [2.24, 2.45) is 0 Å². The molecule has 25 heavy (non-hydrogen) atoms. The third kappa shape index (κ3) is 3.68. The first-order chi connectivity index (χ1) is 11.9. The molecule has 0 radical (unpaired) electrons. The Bertz CT molecular complexity index is 884. The van der Waals surface area contributed by atoms with Crippen LogP contribution < -0.4 is 0 Å². The number of rotatable bonds is 4. The van der Waals surface area contributed by atoms with Crippen molar-refractivity contribution in [3.05, 3.63) is 42.0 Å². The maximum absolute atomic E-state index is 12.9. The van der Waals surface area contributed by atoms with E-state index in [9.17, 15) is 13.2 Å². The minimum atomic E-state index is -3.05. The highest BCUT2D eigenvalue weighted by Gasteiger charge is 2.34. The van der Waals surface area contributed by atoms with E-state index in [0.29, 0.717) is 30.0 Å². The summed E-state index contributed by atoms with van der Waals surface area (Å²) in [6.45, 7) is 4.06. The van der Waals surface area contributed by atoms with Gasteiger partial charge in [0.25, 0.3) is 5.91 Å². The number of sulfone groups is 1. The summed E-state index contributed by atoms with van der Waals surface area (Å²) < 4.78 is 23.4. The molecule has 0 unspecified atom stereocenters. The van der Waals surface area contributed by atoms with Gasteiger partial charge in [-0.2, -0.15) is 0 Å². The van der Waals surface area contributed by atoms with E-state index in [1.54, 1.807) is 30.3 Å². The molecule has 1 atom stereocenters. The highest BCUT2D eigenvalue weighted by atomic mass is 32.2. The molecule has 2 aromatic rings. The topological polar surface area (TPSA) is 93.1 Å². The molecule has 1 aliphatic rings. The summed E-state index contributed by atoms with van der Waals surface area (Å²) in [6, 6.07) is 3.37. The number of nitrogens with zero attached hydrogens (tertiary/aromatic N) is 4. The number of carbonyl (C=O) groups is 1. The molecule has 1 saturated heterocycles. The van der Waals surface area contributed by atoms with Crippen molar-refractivity contribution in [2.75, 3.05) is 18.1 Å². The van der Waals surface area contributed by atoms with Gasteiger partial charge in [-0.05, 0) is 32.4 Å². The third-order valence-corrected chi connectivity index (χ3v) is 6.13. The maximum atomic E-state index is 12.9. The SMILES string of the molecule is CCN(C(=O)c1cnc(-c2cccnc2)nc1C)[C@H]1CCS(=O)(=O)C1. The second-order valence-corrected chi connectivity index (χ2v) is 8.31. The summed E-state index contributed by atoms with van der Waals surface area (Å²) in [4.78, 5) is 27.2. The summed E-state index contributed by atoms with van der Waals surface area (Å²) in [5.74, 6) is 0.449. The zero-order chi connectivity index (χ0) is 18.0. The Hall–Kier alpha value is -2.35. The van der Waals surface area contributed by atoms with Crippen molar-refractivity contribution in [1.82, 2.24) is 19.9 Å². The van der Waals surface area contributed by atoms with Gasteiger partial charge in [0.15, 0.2) is 15.7 Å². The lowest BCUT2D eigenvalue weighted by molar-refractivity contribution is 0.0706. The molecule has 1 aliphatic heterocycles. The third-order valence-electron chi connectivity index (χ3n) is 4.38. The normalized spacial score (nSPS) is 18.9. The molecule has 8 heteroatoms. The number of carbonyl (C=O) groups excluding carboxylic acids is 1. The molecule has 1 amide bonds. The van der Waals surface area contributed by atoms with E-state index >= 15 is 0 Å². The van der Waals surface area contributed by atoms with Crippen LogP contribution in [0.1, 0.15) is 29.4 Å². The average Bonchev–Trinajstić information content (AvgIpc) is 2.95. The number of aromatic nitrogens is 3. The van der Waals surface area contributed by atoms with Crippen LogP contribution in [0.3, 0.4) is 0 Å². The lowest BCUT2D eigenvalue weighted by Crippen LogP contribution is -2.41. The van der Waals surface area contributed by atoms with Gasteiger partial charge >= 0.3 is 0 Å². The highest BCUT2D eigenvalue weighted by Crippen LogP contribution is 2.21. The maximum Gasteiger partial charge on any atom is 0.257 e. The fourth-order valence-corrected chi connectivity index (χ4v) is 4.79. The molecule has 0 spiro atoms. The van der Waals surface area contributed by atoms with Crippen molar-refractivity contribution in [3.8, 4) is 11.4 Å². The summed E-state index contributed by atoms with van der Waals surface area (Å²) in [6.07, 6.45) is 5.33. The Morgan fingerprint density at radius 2 is 2.16 bits per heavy atom. The van der Waals surface area contributed by atoms with Crippen LogP contribution >= 0.6 is 0 Å². The van der Waals surface area contributed by atoms with E-state index in [-0.39, 0.29) is 23.5 Å². The Kier molecular flexibility index (Phi) is 4.80. The zero-order valence-electron chi connectivity index (χ0n) is 14.2. The average molecular weight is 360 g/mol. The highest BCUT2D eigenvalue weighted by molar-refractivity contribution is 7.91. The van der Waals surface area contributed by atoms with Gasteiger partial charge in [0.05, 0.1) is 22.8 Å². The van der Waals surface area contributed by atoms with Crippen molar-refractivity contribution in [2.45, 2.75) is 26.3 Å². The number of hydrogen-bond acceptors (Lipinski definition) is 6. The van der Waals surface area contributed by atoms with Gasteiger partial charge < -0.3 is 4.90 Å². The Balaban J connectivity index is 1.86. The number of hydrogen-bond donors (Lipinski definition) is 0. The van der Waals surface area contributed by atoms with Crippen LogP contribution in [0.5, 0.6) is 0 Å². The monoisotopic (exact) mass is 360 g/mol. The van der Waals surface area contributed by atoms with E-state index in [1.807, 2.05) is 13.0 Å². The summed E-state index contributed by atoms with van der Waals surface area (Å²) >= 11 is 0. The molecular formula is C17H20N4O3S. The summed E-state index contributed by atoms with van der Waals surface area (Å²) in [5.41, 5.74) is 1.75. The fraction of sp³-hybridized carbons (Fsp3) is 0.412. The van der Waals surface area contributed by atoms with Crippen LogP contribution in [-0.4, -0.2) is 58.3 Å². The molecular weight excluding hydrogens is 340 g/mol. The van der Waals surface area contributed by atoms with E-state index in [2.05, 4.69) is 15.0 Å². The minimum Gasteiger partial charge on any atom is -0.335 e. The molecule has 3 rings (SSSR count). The second kappa shape index (κ2) is 6.87. The van der Waals surface area contributed by atoms with Crippen molar-refractivity contribution in [1.29, 1.82) is 0 Å². The minimum absolute atomic E-state index is 0.0280. The van der Waals surface area contributed by atoms with Crippen molar-refractivity contribution >= 4 is 15.7 Å². The predicted octanol–water partition coefficient (Wildman–Crippen LogP) is 1.50. The fourth-order valence-electron chi connectivity index (χ4n) is 3.05. The quantitative estimate of drug-likeness (QED) is 0.820. The van der Waals surface area contributed by atoms with Crippen molar-refractivity contribution in [3.63, 3.8) is 0 Å². The first kappa shape index (κ1) is 17.5. The van der Waals surface area contributed by atoms with Gasteiger partial charge in [-0.15, -0.1) is 0 Å². The predicted molar refractivity (Wildman–Crippen MR) is 93.8 cm³/mol. The first-order valence-electron chi connectivity index (χ1n) is 8.16. The Morgan fingerprint density at radius 1 is 1.36 bits per heavy atom. The van der Waals surface area contributed by atoms with Crippen LogP contribution in [0.15, 0.2) is 30.7 Å². The van der Waals surface area contributed by atoms with Crippen molar-refractivity contribution < 1.29 is 13.2 Å². The Labute approximate surface area is 147 Å². The van der Waals surface area contributed by atoms with E-state index in [4.69, 9.17) is 0 Å². The molecule has 1 fully saturated rings. The molecule has 0 aliphatic carbocycles. The number of amides is 1. The van der Waals surface area contributed by atoms with Crippen LogP contribution in [-0.2, 0) is 9.84 Å². The van der Waals surface area contributed by atoms with Crippen LogP contribution in [0, 0.1) is 6.92 Å². The zero-order valence-corrected chi connectivity index (χ0v) is 15.0. The van der Waals surface area contributed by atoms with Gasteiger partial charge in [0, 0.05) is 36.7 Å². The van der Waals surface area contributed by atoms with Gasteiger partial charge in [0.1, 0.15) is 0 Å². The van der Waals surface area contributed by atoms with E-state index < -0.39 is 9.84 Å². The molecule has 2 aromatic heterocycles. The number of aryl methyl sites for hydroxylation is 1. The van der Waals surface area contributed by atoms with Gasteiger partial charge in [-0.25, -0.2) is 18.4 Å². The molecule has 0 saturated carbocycles. The number of pyridine rings is 1. The summed E-state index contributed by atoms with van der Waals surface area (Å²) in [7, 11) is -3.05. The molecule has 7 nitrogen and oxygen atoms in total. The smallest absolute Gasteiger partial charge is 0.257 e. The van der Waals surface area contributed by atoms with E-state index in [1.165, 1.54) is 6.20 Å². The van der Waals surface area contributed by atoms with E-state index in [0.717, 1.165) is 5.56 Å². The molecule has 132 valence electrons. The van der Waals surface area contributed by atoms with Gasteiger partial charge in [0.2, 0.25) is 0 Å². The molecule has 3 heterocycles. The summed E-state index contributed by atoms with van der Waals surface area (Å²) in [5, 5.41) is 0. The van der Waals surface area contributed by atoms with Crippen LogP contribution in [0.25, 0.3) is 11.4 Å². The van der Waals surface area contributed by atoms with Crippen LogP contribution in [0.4, 0.5) is 0 Å². The lowest BCUT2D eigenvalue weighted by Gasteiger charge is -2.27. The van der Waals surface area contributed by atoms with Gasteiger partial charge in [-0.3, -0.25) is 9.78 Å². The molecule has 0 aromatic carbocycles. The lowest BCUT2D eigenvalue weighted by atomic mass is 10.1. The first-order valence-corrected chi connectivity index (χ1v) is 9.99. The standard InChI is InChI=1S/C17H20N4O3S/c1-3-21(14-6-8-25(23,24)11-14)17(22)15-10-19-16(20-12(15)2)13-5-4-7-18-9-13/h4-5,7,9-10,14H,3,6,8,11H2,1-2H3/t14-/m0/s1. The molecule has 0 N–H and O–H groups in total. The van der Waals surface area contributed by atoms with Gasteiger partial charge in [-0.1, -0.05) is 0 Å². The second-order valence-electron chi connectivity index (χ2n) is 6.08. The van der Waals surface area contributed by atoms with Crippen LogP contribution in [0.2, 0.25) is 0 Å². The largest absolute Gasteiger partial charge is 0.335 e. The molecule has 0 bridgehead atoms. The Morgan fingerprint density at radius 3 is 2.72 bits per heavy atom.